The molecule has 0 spiro atoms. The summed E-state index contributed by atoms with van der Waals surface area (Å²) >= 11 is 0. The van der Waals surface area contributed by atoms with Gasteiger partial charge in [0, 0.05) is 13.6 Å². The van der Waals surface area contributed by atoms with Crippen LogP contribution in [-0.2, 0) is 9.53 Å². The number of ether oxygens (including phenoxy) is 1. The van der Waals surface area contributed by atoms with Crippen molar-refractivity contribution in [1.29, 1.82) is 0 Å². The Hall–Kier alpha value is -1.26. The monoisotopic (exact) mass is 228 g/mol. The molecule has 0 aromatic rings. The van der Waals surface area contributed by atoms with Gasteiger partial charge in [-0.2, -0.15) is 0 Å². The summed E-state index contributed by atoms with van der Waals surface area (Å²) in [4.78, 5) is 24.9. The molecule has 16 heavy (non-hydrogen) atoms. The third-order valence-corrected chi connectivity index (χ3v) is 2.41. The molecule has 0 saturated carbocycles. The van der Waals surface area contributed by atoms with Crippen molar-refractivity contribution in [2.24, 2.45) is 0 Å². The topological polar surface area (TPSA) is 58.6 Å². The van der Waals surface area contributed by atoms with Crippen LogP contribution in [0, 0.1) is 0 Å². The molecular weight excluding hydrogens is 208 g/mol. The van der Waals surface area contributed by atoms with E-state index in [4.69, 9.17) is 4.74 Å². The summed E-state index contributed by atoms with van der Waals surface area (Å²) in [5, 5.41) is 2.53. The maximum Gasteiger partial charge on any atom is 0.329 e. The molecule has 0 bridgehead atoms. The van der Waals surface area contributed by atoms with Crippen LogP contribution in [0.5, 0.6) is 0 Å². The summed E-state index contributed by atoms with van der Waals surface area (Å²) in [6.07, 6.45) is 1.53. The molecule has 0 aromatic heterocycles. The molecule has 0 radical (unpaired) electrons. The maximum atomic E-state index is 11.8. The number of urea groups is 1. The summed E-state index contributed by atoms with van der Waals surface area (Å²) in [5.41, 5.74) is -0.506. The predicted octanol–water partition coefficient (Wildman–Crippen LogP) is 1.13. The standard InChI is InChI=1S/C11H20N2O3/c1-11(2,3)16-9(14)8-6-5-7-13(8)10(15)12-4/h8H,5-7H2,1-4H3,(H,12,15)/t8-/m0/s1. The first-order chi connectivity index (χ1) is 7.35. The van der Waals surface area contributed by atoms with E-state index in [1.165, 1.54) is 4.90 Å². The number of likely N-dealkylation sites (tertiary alicyclic amines) is 1. The zero-order valence-corrected chi connectivity index (χ0v) is 10.4. The van der Waals surface area contributed by atoms with Gasteiger partial charge in [-0.15, -0.1) is 0 Å². The fraction of sp³-hybridized carbons (Fsp3) is 0.818. The van der Waals surface area contributed by atoms with E-state index in [0.29, 0.717) is 13.0 Å². The SMILES string of the molecule is CNC(=O)N1CCC[C@H]1C(=O)OC(C)(C)C. The fourth-order valence-corrected chi connectivity index (χ4v) is 1.77. The second-order valence-corrected chi connectivity index (χ2v) is 4.94. The summed E-state index contributed by atoms with van der Waals surface area (Å²) < 4.78 is 5.29. The molecule has 1 saturated heterocycles. The third-order valence-electron chi connectivity index (χ3n) is 2.41. The summed E-state index contributed by atoms with van der Waals surface area (Å²) in [7, 11) is 1.56. The second-order valence-electron chi connectivity index (χ2n) is 4.94. The molecule has 1 heterocycles. The number of rotatable bonds is 1. The van der Waals surface area contributed by atoms with Crippen LogP contribution < -0.4 is 5.32 Å². The van der Waals surface area contributed by atoms with Gasteiger partial charge in [-0.1, -0.05) is 0 Å². The summed E-state index contributed by atoms with van der Waals surface area (Å²) in [5.74, 6) is -0.311. The molecule has 5 heteroatoms. The van der Waals surface area contributed by atoms with Gasteiger partial charge in [0.15, 0.2) is 0 Å². The molecule has 1 aliphatic heterocycles. The van der Waals surface area contributed by atoms with E-state index in [9.17, 15) is 9.59 Å². The van der Waals surface area contributed by atoms with Crippen LogP contribution in [0.3, 0.4) is 0 Å². The molecule has 1 aliphatic rings. The van der Waals surface area contributed by atoms with Gasteiger partial charge in [-0.25, -0.2) is 9.59 Å². The highest BCUT2D eigenvalue weighted by Gasteiger charge is 2.36. The van der Waals surface area contributed by atoms with Crippen molar-refractivity contribution < 1.29 is 14.3 Å². The smallest absolute Gasteiger partial charge is 0.329 e. The Labute approximate surface area is 96.1 Å². The molecule has 5 nitrogen and oxygen atoms in total. The van der Waals surface area contributed by atoms with Gasteiger partial charge in [0.05, 0.1) is 0 Å². The molecule has 1 fully saturated rings. The van der Waals surface area contributed by atoms with E-state index >= 15 is 0 Å². The minimum atomic E-state index is -0.506. The number of nitrogens with zero attached hydrogens (tertiary/aromatic N) is 1. The van der Waals surface area contributed by atoms with Crippen LogP contribution in [-0.4, -0.2) is 42.1 Å². The minimum absolute atomic E-state index is 0.214. The molecular formula is C11H20N2O3. The lowest BCUT2D eigenvalue weighted by atomic mass is 10.1. The van der Waals surface area contributed by atoms with Crippen LogP contribution in [0.15, 0.2) is 0 Å². The van der Waals surface area contributed by atoms with Crippen LogP contribution in [0.4, 0.5) is 4.79 Å². The lowest BCUT2D eigenvalue weighted by Gasteiger charge is -2.27. The van der Waals surface area contributed by atoms with E-state index < -0.39 is 11.6 Å². The molecule has 2 amide bonds. The average molecular weight is 228 g/mol. The molecule has 0 unspecified atom stereocenters. The van der Waals surface area contributed by atoms with Crippen molar-refractivity contribution in [3.63, 3.8) is 0 Å². The second kappa shape index (κ2) is 4.72. The number of esters is 1. The lowest BCUT2D eigenvalue weighted by Crippen LogP contribution is -2.46. The molecule has 92 valence electrons. The maximum absolute atomic E-state index is 11.8. The number of nitrogens with one attached hydrogen (secondary N) is 1. The van der Waals surface area contributed by atoms with Crippen molar-refractivity contribution in [2.45, 2.75) is 45.3 Å². The van der Waals surface area contributed by atoms with Gasteiger partial charge >= 0.3 is 12.0 Å². The number of carbonyl (C=O) groups excluding carboxylic acids is 2. The normalized spacial score (nSPS) is 20.8. The van der Waals surface area contributed by atoms with Gasteiger partial charge in [0.25, 0.3) is 0 Å². The number of amides is 2. The Morgan fingerprint density at radius 1 is 1.38 bits per heavy atom. The van der Waals surface area contributed by atoms with Crippen LogP contribution in [0.2, 0.25) is 0 Å². The van der Waals surface area contributed by atoms with Crippen molar-refractivity contribution in [1.82, 2.24) is 10.2 Å². The van der Waals surface area contributed by atoms with Crippen LogP contribution in [0.25, 0.3) is 0 Å². The number of hydrogen-bond donors (Lipinski definition) is 1. The number of carbonyl (C=O) groups is 2. The lowest BCUT2D eigenvalue weighted by molar-refractivity contribution is -0.159. The van der Waals surface area contributed by atoms with E-state index in [1.807, 2.05) is 20.8 Å². The third kappa shape index (κ3) is 3.12. The van der Waals surface area contributed by atoms with Gasteiger partial charge in [0.1, 0.15) is 11.6 Å². The predicted molar refractivity (Wildman–Crippen MR) is 60.0 cm³/mol. The molecule has 1 rings (SSSR count). The van der Waals surface area contributed by atoms with Gasteiger partial charge in [-0.3, -0.25) is 0 Å². The van der Waals surface area contributed by atoms with E-state index in [2.05, 4.69) is 5.32 Å². The zero-order chi connectivity index (χ0) is 12.3. The molecule has 1 N–H and O–H groups in total. The Morgan fingerprint density at radius 2 is 2.00 bits per heavy atom. The Bertz CT molecular complexity index is 283. The van der Waals surface area contributed by atoms with Gasteiger partial charge in [0.2, 0.25) is 0 Å². The summed E-state index contributed by atoms with van der Waals surface area (Å²) in [6, 6.07) is -0.646. The van der Waals surface area contributed by atoms with E-state index in [1.54, 1.807) is 7.05 Å². The molecule has 0 aromatic carbocycles. The van der Waals surface area contributed by atoms with Gasteiger partial charge in [-0.05, 0) is 33.6 Å². The Morgan fingerprint density at radius 3 is 2.50 bits per heavy atom. The van der Waals surface area contributed by atoms with Crippen molar-refractivity contribution in [3.05, 3.63) is 0 Å². The largest absolute Gasteiger partial charge is 0.458 e. The molecule has 0 aliphatic carbocycles. The first-order valence-electron chi connectivity index (χ1n) is 5.56. The van der Waals surface area contributed by atoms with Gasteiger partial charge < -0.3 is 15.0 Å². The first kappa shape index (κ1) is 12.8. The van der Waals surface area contributed by atoms with E-state index in [0.717, 1.165) is 6.42 Å². The summed E-state index contributed by atoms with van der Waals surface area (Å²) in [6.45, 7) is 6.09. The minimum Gasteiger partial charge on any atom is -0.458 e. The van der Waals surface area contributed by atoms with Crippen molar-refractivity contribution >= 4 is 12.0 Å². The van der Waals surface area contributed by atoms with Crippen molar-refractivity contribution in [2.75, 3.05) is 13.6 Å². The van der Waals surface area contributed by atoms with E-state index in [-0.39, 0.29) is 12.0 Å². The van der Waals surface area contributed by atoms with Crippen molar-refractivity contribution in [3.8, 4) is 0 Å². The highest BCUT2D eigenvalue weighted by atomic mass is 16.6. The first-order valence-corrected chi connectivity index (χ1v) is 5.56. The average Bonchev–Trinajstić information content (AvgIpc) is 2.62. The number of hydrogen-bond acceptors (Lipinski definition) is 3. The fourth-order valence-electron chi connectivity index (χ4n) is 1.77. The van der Waals surface area contributed by atoms with Crippen LogP contribution in [0.1, 0.15) is 33.6 Å². The highest BCUT2D eigenvalue weighted by molar-refractivity contribution is 5.84. The zero-order valence-electron chi connectivity index (χ0n) is 10.4. The quantitative estimate of drug-likeness (QED) is 0.684. The Kier molecular flexibility index (Phi) is 3.78. The Balaban J connectivity index is 2.65. The highest BCUT2D eigenvalue weighted by Crippen LogP contribution is 2.20. The molecule has 1 atom stereocenters. The van der Waals surface area contributed by atoms with Crippen LogP contribution >= 0.6 is 0 Å².